The third kappa shape index (κ3) is 7.85. The smallest absolute Gasteiger partial charge is 0.254 e. The molecule has 10 nitrogen and oxygen atoms in total. The summed E-state index contributed by atoms with van der Waals surface area (Å²) >= 11 is 0. The molecule has 1 atom stereocenters. The molecule has 0 aromatic heterocycles. The Morgan fingerprint density at radius 1 is 0.907 bits per heavy atom. The summed E-state index contributed by atoms with van der Waals surface area (Å²) in [4.78, 5) is 56.4. The number of hydrogen-bond acceptors (Lipinski definition) is 6. The minimum absolute atomic E-state index is 0.105. The highest BCUT2D eigenvalue weighted by Crippen LogP contribution is 2.20. The quantitative estimate of drug-likeness (QED) is 0.387. The number of hydrogen-bond donors (Lipinski definition) is 1. The molecule has 43 heavy (non-hydrogen) atoms. The lowest BCUT2D eigenvalue weighted by Gasteiger charge is -2.34. The van der Waals surface area contributed by atoms with E-state index in [2.05, 4.69) is 5.32 Å². The fraction of sp³-hybridized carbons (Fsp3) is 0.290. The van der Waals surface area contributed by atoms with Gasteiger partial charge in [0.15, 0.2) is 0 Å². The normalized spacial score (nSPS) is 13.7. The van der Waals surface area contributed by atoms with Gasteiger partial charge in [0, 0.05) is 43.9 Å². The van der Waals surface area contributed by atoms with Crippen molar-refractivity contribution in [2.45, 2.75) is 12.5 Å². The molecule has 3 aromatic rings. The van der Waals surface area contributed by atoms with E-state index in [-0.39, 0.29) is 44.1 Å². The Morgan fingerprint density at radius 3 is 2.05 bits per heavy atom. The van der Waals surface area contributed by atoms with Gasteiger partial charge in [0.2, 0.25) is 17.7 Å². The molecule has 0 radical (unpaired) electrons. The Bertz CT molecular complexity index is 1460. The molecule has 0 aliphatic carbocycles. The number of ether oxygens (including phenoxy) is 2. The third-order valence-corrected chi connectivity index (χ3v) is 7.06. The van der Waals surface area contributed by atoms with Gasteiger partial charge in [-0.25, -0.2) is 8.78 Å². The zero-order valence-corrected chi connectivity index (χ0v) is 24.0. The van der Waals surface area contributed by atoms with Crippen molar-refractivity contribution in [1.29, 1.82) is 0 Å². The molecule has 0 spiro atoms. The lowest BCUT2D eigenvalue weighted by Crippen LogP contribution is -2.56. The second-order valence-corrected chi connectivity index (χ2v) is 9.97. The van der Waals surface area contributed by atoms with Crippen LogP contribution in [-0.4, -0.2) is 86.9 Å². The molecule has 226 valence electrons. The highest BCUT2D eigenvalue weighted by atomic mass is 19.1. The summed E-state index contributed by atoms with van der Waals surface area (Å²) in [6, 6.07) is 14.9. The molecule has 4 rings (SSSR count). The third-order valence-electron chi connectivity index (χ3n) is 7.06. The average molecular weight is 595 g/mol. The van der Waals surface area contributed by atoms with Gasteiger partial charge >= 0.3 is 0 Å². The maximum Gasteiger partial charge on any atom is 0.254 e. The number of nitrogens with zero attached hydrogens (tertiary/aromatic N) is 3. The van der Waals surface area contributed by atoms with Crippen LogP contribution in [-0.2, 0) is 20.8 Å². The number of nitrogens with one attached hydrogen (secondary N) is 1. The summed E-state index contributed by atoms with van der Waals surface area (Å²) in [5.74, 6) is -2.39. The number of amides is 4. The second kappa shape index (κ2) is 13.8. The van der Waals surface area contributed by atoms with Gasteiger partial charge < -0.3 is 29.5 Å². The maximum absolute atomic E-state index is 13.9. The number of carbonyl (C=O) groups is 4. The van der Waals surface area contributed by atoms with Crippen LogP contribution in [0.25, 0.3) is 0 Å². The van der Waals surface area contributed by atoms with Crippen LogP contribution in [0.2, 0.25) is 0 Å². The fourth-order valence-corrected chi connectivity index (χ4v) is 4.71. The van der Waals surface area contributed by atoms with E-state index >= 15 is 0 Å². The number of carbonyl (C=O) groups excluding carboxylic acids is 4. The van der Waals surface area contributed by atoms with Crippen molar-refractivity contribution in [3.63, 3.8) is 0 Å². The predicted molar refractivity (Wildman–Crippen MR) is 154 cm³/mol. The van der Waals surface area contributed by atoms with E-state index in [1.54, 1.807) is 48.5 Å². The molecule has 0 saturated carbocycles. The Balaban J connectivity index is 1.43. The highest BCUT2D eigenvalue weighted by Gasteiger charge is 2.31. The molecule has 3 aromatic carbocycles. The lowest BCUT2D eigenvalue weighted by molar-refractivity contribution is -0.139. The van der Waals surface area contributed by atoms with Crippen LogP contribution in [0.15, 0.2) is 66.7 Å². The summed E-state index contributed by atoms with van der Waals surface area (Å²) < 4.78 is 38.1. The van der Waals surface area contributed by atoms with Gasteiger partial charge in [-0.3, -0.25) is 19.2 Å². The van der Waals surface area contributed by atoms with Gasteiger partial charge in [-0.15, -0.1) is 0 Å². The SMILES string of the molecule is COc1ccc(C(=O)N2CCN(CC(=O)N[C@@H](Cc3cc(F)cc(F)c3)C(=O)N(C)c3ccc(OC)cc3)C(=O)C2)cc1. The number of rotatable bonds is 10. The van der Waals surface area contributed by atoms with Crippen LogP contribution < -0.4 is 19.7 Å². The Morgan fingerprint density at radius 2 is 1.49 bits per heavy atom. The largest absolute Gasteiger partial charge is 0.497 e. The molecule has 4 amide bonds. The van der Waals surface area contributed by atoms with Crippen LogP contribution >= 0.6 is 0 Å². The zero-order chi connectivity index (χ0) is 31.1. The molecule has 12 heteroatoms. The van der Waals surface area contributed by atoms with E-state index in [4.69, 9.17) is 9.47 Å². The van der Waals surface area contributed by atoms with Gasteiger partial charge in [-0.2, -0.15) is 0 Å². The number of anilines is 1. The first-order valence-electron chi connectivity index (χ1n) is 13.4. The predicted octanol–water partition coefficient (Wildman–Crippen LogP) is 2.66. The maximum atomic E-state index is 13.9. The van der Waals surface area contributed by atoms with Gasteiger partial charge in [0.05, 0.1) is 20.8 Å². The van der Waals surface area contributed by atoms with Crippen molar-refractivity contribution >= 4 is 29.3 Å². The van der Waals surface area contributed by atoms with Crippen LogP contribution in [0.5, 0.6) is 11.5 Å². The van der Waals surface area contributed by atoms with E-state index in [0.29, 0.717) is 28.8 Å². The van der Waals surface area contributed by atoms with Gasteiger partial charge in [0.1, 0.15) is 35.7 Å². The first-order chi connectivity index (χ1) is 20.6. The number of piperazine rings is 1. The fourth-order valence-electron chi connectivity index (χ4n) is 4.71. The molecule has 1 fully saturated rings. The van der Waals surface area contributed by atoms with Crippen molar-refractivity contribution in [2.24, 2.45) is 0 Å². The number of benzene rings is 3. The van der Waals surface area contributed by atoms with Crippen LogP contribution in [0.4, 0.5) is 14.5 Å². The molecule has 1 N–H and O–H groups in total. The Labute approximate surface area is 247 Å². The first-order valence-corrected chi connectivity index (χ1v) is 13.4. The zero-order valence-electron chi connectivity index (χ0n) is 24.0. The molecule has 0 unspecified atom stereocenters. The second-order valence-electron chi connectivity index (χ2n) is 9.97. The van der Waals surface area contributed by atoms with Crippen molar-refractivity contribution in [1.82, 2.24) is 15.1 Å². The molecular weight excluding hydrogens is 562 g/mol. The van der Waals surface area contributed by atoms with Crippen molar-refractivity contribution < 1.29 is 37.4 Å². The number of methoxy groups -OCH3 is 2. The summed E-state index contributed by atoms with van der Waals surface area (Å²) in [5.41, 5.74) is 1.07. The van der Waals surface area contributed by atoms with Crippen molar-refractivity contribution in [3.05, 3.63) is 89.5 Å². The Kier molecular flexibility index (Phi) is 9.91. The average Bonchev–Trinajstić information content (AvgIpc) is 3.00. The monoisotopic (exact) mass is 594 g/mol. The summed E-state index contributed by atoms with van der Waals surface area (Å²) in [7, 11) is 4.54. The minimum atomic E-state index is -1.20. The lowest BCUT2D eigenvalue weighted by atomic mass is 10.0. The van der Waals surface area contributed by atoms with Gasteiger partial charge in [0.25, 0.3) is 5.91 Å². The van der Waals surface area contributed by atoms with Crippen molar-refractivity contribution in [2.75, 3.05) is 52.3 Å². The standard InChI is InChI=1S/C31H32F2N4O6/c1-35(24-6-10-26(43-3)11-7-24)31(41)27(16-20-14-22(32)17-23(33)15-20)34-28(38)18-36-12-13-37(19-29(36)39)30(40)21-4-8-25(42-2)9-5-21/h4-11,14-15,17,27H,12-13,16,18-19H2,1-3H3,(H,34,38)/t27-/m0/s1. The first kappa shape index (κ1) is 30.9. The molecule has 1 aliphatic heterocycles. The van der Waals surface area contributed by atoms with E-state index in [0.717, 1.165) is 12.1 Å². The van der Waals surface area contributed by atoms with Crippen LogP contribution in [0, 0.1) is 11.6 Å². The summed E-state index contributed by atoms with van der Waals surface area (Å²) in [5, 5.41) is 2.63. The Hall–Kier alpha value is -5.00. The van der Waals surface area contributed by atoms with E-state index in [1.807, 2.05) is 0 Å². The van der Waals surface area contributed by atoms with E-state index in [1.165, 1.54) is 36.0 Å². The van der Waals surface area contributed by atoms with Crippen molar-refractivity contribution in [3.8, 4) is 11.5 Å². The molecular formula is C31H32F2N4O6. The molecule has 1 saturated heterocycles. The van der Waals surface area contributed by atoms with Gasteiger partial charge in [-0.1, -0.05) is 0 Å². The summed E-state index contributed by atoms with van der Waals surface area (Å²) in [6.45, 7) is -0.275. The van der Waals surface area contributed by atoms with E-state index < -0.39 is 35.4 Å². The molecule has 1 heterocycles. The van der Waals surface area contributed by atoms with E-state index in [9.17, 15) is 28.0 Å². The van der Waals surface area contributed by atoms with Crippen LogP contribution in [0.3, 0.4) is 0 Å². The highest BCUT2D eigenvalue weighted by molar-refractivity contribution is 6.00. The van der Waals surface area contributed by atoms with Gasteiger partial charge in [-0.05, 0) is 66.2 Å². The molecule has 0 bridgehead atoms. The topological polar surface area (TPSA) is 108 Å². The number of likely N-dealkylation sites (N-methyl/N-ethyl adjacent to an activating group) is 1. The molecule has 1 aliphatic rings. The summed E-state index contributed by atoms with van der Waals surface area (Å²) in [6.07, 6.45) is -0.197. The minimum Gasteiger partial charge on any atom is -0.497 e. The van der Waals surface area contributed by atoms with Crippen LogP contribution in [0.1, 0.15) is 15.9 Å². The number of halogens is 2.